The molecule has 1 aliphatic carbocycles. The number of piperidine rings is 3. The molecule has 0 aromatic heterocycles. The Hall–Kier alpha value is -0.0151. The van der Waals surface area contributed by atoms with E-state index in [1.165, 1.54) is 12.8 Å². The van der Waals surface area contributed by atoms with Crippen LogP contribution in [0.3, 0.4) is 0 Å². The first-order valence-corrected chi connectivity index (χ1v) is 4.97. The average molecular weight is 163 g/mol. The molecule has 12 heavy (non-hydrogen) atoms. The molecule has 0 N–H and O–H groups in total. The molecule has 0 amide bonds. The predicted octanol–water partition coefficient (Wildman–Crippen LogP) is -0.715. The topological polar surface area (TPSA) is 23.1 Å². The normalized spacial score (nSPS) is 62.4. The standard InChI is InChI=1S/C9H14BNO/c10-11-3-6-1-7(4-11)9(12)8(2-6)5-11/h6-9H,1-5H2. The lowest BCUT2D eigenvalue weighted by Gasteiger charge is -2.62. The van der Waals surface area contributed by atoms with Gasteiger partial charge in [-0.25, -0.2) is 0 Å². The van der Waals surface area contributed by atoms with Gasteiger partial charge >= 0.3 is 7.98 Å². The lowest BCUT2D eigenvalue weighted by molar-refractivity contribution is -0.858. The molecule has 3 aliphatic heterocycles. The Kier molecular flexibility index (Phi) is 1.28. The summed E-state index contributed by atoms with van der Waals surface area (Å²) in [4.78, 5) is 0. The van der Waals surface area contributed by atoms with Gasteiger partial charge in [0.15, 0.2) is 0 Å². The summed E-state index contributed by atoms with van der Waals surface area (Å²) in [6, 6.07) is 0. The zero-order valence-electron chi connectivity index (χ0n) is 7.28. The molecule has 2 unspecified atom stereocenters. The van der Waals surface area contributed by atoms with E-state index in [0.29, 0.717) is 11.8 Å². The van der Waals surface area contributed by atoms with Gasteiger partial charge < -0.3 is 9.50 Å². The van der Waals surface area contributed by atoms with Gasteiger partial charge in [-0.1, -0.05) is 0 Å². The van der Waals surface area contributed by atoms with E-state index in [4.69, 9.17) is 7.98 Å². The molecule has 4 aliphatic rings. The van der Waals surface area contributed by atoms with Crippen molar-refractivity contribution in [2.75, 3.05) is 19.6 Å². The van der Waals surface area contributed by atoms with Crippen molar-refractivity contribution in [3.63, 3.8) is 0 Å². The predicted molar refractivity (Wildman–Crippen MR) is 44.1 cm³/mol. The highest BCUT2D eigenvalue weighted by Gasteiger charge is 2.50. The van der Waals surface area contributed by atoms with E-state index in [0.717, 1.165) is 29.9 Å². The van der Waals surface area contributed by atoms with Crippen molar-refractivity contribution in [3.8, 4) is 0 Å². The summed E-state index contributed by atoms with van der Waals surface area (Å²) in [6.45, 7) is 3.06. The van der Waals surface area contributed by atoms with Gasteiger partial charge in [0.1, 0.15) is 0 Å². The fraction of sp³-hybridized carbons (Fsp3) is 1.00. The molecule has 2 atom stereocenters. The summed E-state index contributed by atoms with van der Waals surface area (Å²) in [6.07, 6.45) is 2.06. The Labute approximate surface area is 74.6 Å². The maximum Gasteiger partial charge on any atom is 0.481 e. The molecule has 0 aromatic carbocycles. The number of hydrogen-bond acceptors (Lipinski definition) is 1. The largest absolute Gasteiger partial charge is 0.851 e. The second-order valence-electron chi connectivity index (χ2n) is 5.09. The minimum Gasteiger partial charge on any atom is -0.851 e. The highest BCUT2D eigenvalue weighted by atomic mass is 16.3. The summed E-state index contributed by atoms with van der Waals surface area (Å²) in [5, 5.41) is 11.7. The molecule has 0 aromatic rings. The van der Waals surface area contributed by atoms with Crippen LogP contribution in [0.25, 0.3) is 0 Å². The Morgan fingerprint density at radius 1 is 1.08 bits per heavy atom. The first-order chi connectivity index (χ1) is 5.66. The van der Waals surface area contributed by atoms with Crippen LogP contribution in [0.2, 0.25) is 0 Å². The summed E-state index contributed by atoms with van der Waals surface area (Å²) >= 11 is 0. The van der Waals surface area contributed by atoms with Crippen LogP contribution in [-0.4, -0.2) is 38.1 Å². The van der Waals surface area contributed by atoms with Gasteiger partial charge in [0, 0.05) is 5.92 Å². The zero-order chi connectivity index (χ0) is 8.34. The van der Waals surface area contributed by atoms with Crippen LogP contribution < -0.4 is 5.11 Å². The van der Waals surface area contributed by atoms with Crippen LogP contribution in [0, 0.1) is 17.8 Å². The third-order valence-corrected chi connectivity index (χ3v) is 4.02. The molecule has 0 spiro atoms. The molecule has 64 valence electrons. The van der Waals surface area contributed by atoms with E-state index in [-0.39, 0.29) is 6.10 Å². The second kappa shape index (κ2) is 2.07. The van der Waals surface area contributed by atoms with Gasteiger partial charge in [-0.05, 0) is 24.7 Å². The molecule has 2 nitrogen and oxygen atoms in total. The fourth-order valence-corrected chi connectivity index (χ4v) is 3.78. The number of rotatable bonds is 0. The minimum atomic E-state index is -0.281. The molecular formula is C9H14BNO. The third kappa shape index (κ3) is 0.840. The van der Waals surface area contributed by atoms with Crippen molar-refractivity contribution in [1.29, 1.82) is 0 Å². The third-order valence-electron chi connectivity index (χ3n) is 4.02. The first-order valence-electron chi connectivity index (χ1n) is 4.97. The van der Waals surface area contributed by atoms with E-state index in [2.05, 4.69) is 0 Å². The van der Waals surface area contributed by atoms with Crippen LogP contribution in [-0.2, 0) is 0 Å². The van der Waals surface area contributed by atoms with E-state index >= 15 is 0 Å². The van der Waals surface area contributed by atoms with Crippen LogP contribution >= 0.6 is 0 Å². The lowest BCUT2D eigenvalue weighted by atomic mass is 9.64. The molecule has 3 heteroatoms. The summed E-state index contributed by atoms with van der Waals surface area (Å²) in [7, 11) is 6.18. The summed E-state index contributed by atoms with van der Waals surface area (Å²) in [5.74, 6) is 1.58. The second-order valence-corrected chi connectivity index (χ2v) is 5.09. The van der Waals surface area contributed by atoms with Gasteiger partial charge in [0.2, 0.25) is 0 Å². The minimum absolute atomic E-state index is 0.281. The quantitative estimate of drug-likeness (QED) is 0.432. The zero-order valence-corrected chi connectivity index (χ0v) is 7.28. The van der Waals surface area contributed by atoms with E-state index in [1.54, 1.807) is 0 Å². The SMILES string of the molecule is [B][N+]12CC3CC(C1)C([O-])C(C3)C2. The molecule has 3 saturated heterocycles. The fourth-order valence-electron chi connectivity index (χ4n) is 3.78. The highest BCUT2D eigenvalue weighted by molar-refractivity contribution is 5.97. The van der Waals surface area contributed by atoms with Crippen LogP contribution in [0.4, 0.5) is 0 Å². The van der Waals surface area contributed by atoms with Gasteiger partial charge in [-0.2, -0.15) is 0 Å². The van der Waals surface area contributed by atoms with Crippen molar-refractivity contribution in [1.82, 2.24) is 0 Å². The maximum absolute atomic E-state index is 11.7. The number of quaternary nitrogens is 1. The number of hydrogen-bond donors (Lipinski definition) is 0. The molecule has 4 rings (SSSR count). The van der Waals surface area contributed by atoms with Crippen molar-refractivity contribution < 1.29 is 9.50 Å². The van der Waals surface area contributed by atoms with Crippen molar-refractivity contribution in [2.24, 2.45) is 17.8 Å². The van der Waals surface area contributed by atoms with Crippen molar-refractivity contribution in [3.05, 3.63) is 0 Å². The Morgan fingerprint density at radius 2 is 1.67 bits per heavy atom. The van der Waals surface area contributed by atoms with Gasteiger partial charge in [-0.15, -0.1) is 6.10 Å². The molecule has 2 radical (unpaired) electrons. The van der Waals surface area contributed by atoms with E-state index < -0.39 is 0 Å². The summed E-state index contributed by atoms with van der Waals surface area (Å²) < 4.78 is 0.721. The lowest BCUT2D eigenvalue weighted by Crippen LogP contribution is -2.71. The van der Waals surface area contributed by atoms with Crippen molar-refractivity contribution in [2.45, 2.75) is 18.9 Å². The Bertz CT molecular complexity index is 205. The van der Waals surface area contributed by atoms with Crippen LogP contribution in [0.1, 0.15) is 12.8 Å². The first kappa shape index (κ1) is 7.39. The van der Waals surface area contributed by atoms with Crippen LogP contribution in [0.15, 0.2) is 0 Å². The average Bonchev–Trinajstić information content (AvgIpc) is 1.96. The molecule has 1 saturated carbocycles. The monoisotopic (exact) mass is 163 g/mol. The van der Waals surface area contributed by atoms with Gasteiger partial charge in [0.05, 0.1) is 19.6 Å². The smallest absolute Gasteiger partial charge is 0.481 e. The molecule has 4 bridgehead atoms. The molecule has 3 heterocycles. The van der Waals surface area contributed by atoms with Gasteiger partial charge in [-0.3, -0.25) is 0 Å². The summed E-state index contributed by atoms with van der Waals surface area (Å²) in [5.41, 5.74) is 0. The van der Waals surface area contributed by atoms with Crippen LogP contribution in [0.5, 0.6) is 0 Å². The Morgan fingerprint density at radius 3 is 2.17 bits per heavy atom. The number of nitrogens with zero attached hydrogens (tertiary/aromatic N) is 1. The van der Waals surface area contributed by atoms with E-state index in [1.807, 2.05) is 0 Å². The van der Waals surface area contributed by atoms with Gasteiger partial charge in [0.25, 0.3) is 0 Å². The molecule has 4 fully saturated rings. The van der Waals surface area contributed by atoms with Crippen molar-refractivity contribution >= 4 is 7.98 Å². The highest BCUT2D eigenvalue weighted by Crippen LogP contribution is 2.45. The van der Waals surface area contributed by atoms with E-state index in [9.17, 15) is 5.11 Å². The molecular weight excluding hydrogens is 149 g/mol. The Balaban J connectivity index is 1.95. The maximum atomic E-state index is 11.7.